The van der Waals surface area contributed by atoms with Crippen molar-refractivity contribution in [3.05, 3.63) is 59.4 Å². The maximum Gasteiger partial charge on any atom is 0.131 e. The van der Waals surface area contributed by atoms with Crippen LogP contribution in [-0.2, 0) is 0 Å². The molecule has 1 atom stereocenters. The highest BCUT2D eigenvalue weighted by Gasteiger charge is 2.18. The Morgan fingerprint density at radius 3 is 2.37 bits per heavy atom. The van der Waals surface area contributed by atoms with Gasteiger partial charge in [0.1, 0.15) is 17.3 Å². The summed E-state index contributed by atoms with van der Waals surface area (Å²) in [6.45, 7) is 0. The number of halogens is 2. The zero-order valence-electron chi connectivity index (χ0n) is 10.7. The maximum atomic E-state index is 14.1. The number of ether oxygens (including phenoxy) is 2. The molecule has 2 rings (SSSR count). The van der Waals surface area contributed by atoms with Crippen LogP contribution in [0.3, 0.4) is 0 Å². The van der Waals surface area contributed by atoms with Gasteiger partial charge in [-0.25, -0.2) is 4.39 Å². The van der Waals surface area contributed by atoms with Crippen molar-refractivity contribution in [3.63, 3.8) is 0 Å². The lowest BCUT2D eigenvalue weighted by molar-refractivity contribution is 0.408. The largest absolute Gasteiger partial charge is 0.497 e. The van der Waals surface area contributed by atoms with Gasteiger partial charge in [0, 0.05) is 17.2 Å². The van der Waals surface area contributed by atoms with Crippen molar-refractivity contribution in [1.29, 1.82) is 0 Å². The van der Waals surface area contributed by atoms with Gasteiger partial charge in [-0.3, -0.25) is 0 Å². The molecule has 0 heterocycles. The fraction of sp³-hybridized carbons (Fsp3) is 0.200. The molecule has 0 aliphatic carbocycles. The van der Waals surface area contributed by atoms with E-state index in [0.717, 1.165) is 11.3 Å². The van der Waals surface area contributed by atoms with Crippen LogP contribution in [0, 0.1) is 5.82 Å². The van der Waals surface area contributed by atoms with Crippen molar-refractivity contribution in [1.82, 2.24) is 0 Å². The molecule has 0 aromatic heterocycles. The molecule has 19 heavy (non-hydrogen) atoms. The highest BCUT2D eigenvalue weighted by molar-refractivity contribution is 9.09. The molecule has 0 saturated carbocycles. The number of methoxy groups -OCH3 is 2. The van der Waals surface area contributed by atoms with E-state index in [0.29, 0.717) is 11.3 Å². The second-order valence-electron chi connectivity index (χ2n) is 3.99. The Labute approximate surface area is 120 Å². The minimum absolute atomic E-state index is 0.269. The van der Waals surface area contributed by atoms with E-state index in [-0.39, 0.29) is 10.6 Å². The third kappa shape index (κ3) is 2.89. The van der Waals surface area contributed by atoms with Gasteiger partial charge in [0.05, 0.1) is 19.0 Å². The van der Waals surface area contributed by atoms with Gasteiger partial charge in [0.25, 0.3) is 0 Å². The Kier molecular flexibility index (Phi) is 4.43. The number of hydrogen-bond donors (Lipinski definition) is 0. The molecule has 0 saturated heterocycles. The Morgan fingerprint density at radius 1 is 1.00 bits per heavy atom. The van der Waals surface area contributed by atoms with Crippen LogP contribution in [-0.4, -0.2) is 14.2 Å². The lowest BCUT2D eigenvalue weighted by atomic mass is 10.0. The first-order chi connectivity index (χ1) is 9.17. The summed E-state index contributed by atoms with van der Waals surface area (Å²) < 4.78 is 24.4. The summed E-state index contributed by atoms with van der Waals surface area (Å²) in [5.74, 6) is 0.910. The van der Waals surface area contributed by atoms with Gasteiger partial charge in [-0.15, -0.1) is 0 Å². The van der Waals surface area contributed by atoms with Crippen LogP contribution in [0.1, 0.15) is 16.0 Å². The molecular formula is C15H14BrFO2. The minimum Gasteiger partial charge on any atom is -0.497 e. The van der Waals surface area contributed by atoms with E-state index in [4.69, 9.17) is 9.47 Å². The second kappa shape index (κ2) is 6.06. The second-order valence-corrected chi connectivity index (χ2v) is 4.91. The Bertz CT molecular complexity index is 572. The fourth-order valence-electron chi connectivity index (χ4n) is 1.88. The van der Waals surface area contributed by atoms with Crippen molar-refractivity contribution in [2.45, 2.75) is 4.83 Å². The molecule has 1 unspecified atom stereocenters. The first-order valence-electron chi connectivity index (χ1n) is 5.77. The first kappa shape index (κ1) is 13.9. The van der Waals surface area contributed by atoms with E-state index < -0.39 is 0 Å². The molecule has 0 amide bonds. The van der Waals surface area contributed by atoms with Gasteiger partial charge in [0.2, 0.25) is 0 Å². The van der Waals surface area contributed by atoms with Gasteiger partial charge in [-0.05, 0) is 12.1 Å². The Morgan fingerprint density at radius 2 is 1.74 bits per heavy atom. The van der Waals surface area contributed by atoms with Gasteiger partial charge < -0.3 is 9.47 Å². The van der Waals surface area contributed by atoms with Crippen LogP contribution in [0.5, 0.6) is 11.5 Å². The topological polar surface area (TPSA) is 18.5 Å². The summed E-state index contributed by atoms with van der Waals surface area (Å²) in [7, 11) is 3.11. The van der Waals surface area contributed by atoms with Crippen molar-refractivity contribution >= 4 is 15.9 Å². The molecule has 0 fully saturated rings. The van der Waals surface area contributed by atoms with E-state index in [2.05, 4.69) is 15.9 Å². The molecule has 2 aromatic carbocycles. The summed E-state index contributed by atoms with van der Waals surface area (Å²) in [4.78, 5) is -0.269. The third-order valence-corrected chi connectivity index (χ3v) is 3.88. The molecule has 0 radical (unpaired) electrons. The van der Waals surface area contributed by atoms with Gasteiger partial charge in [0.15, 0.2) is 0 Å². The SMILES string of the molecule is COc1ccc(C(Br)c2ccccc2OC)c(F)c1. The minimum atomic E-state index is -0.313. The molecule has 0 aliphatic rings. The van der Waals surface area contributed by atoms with Gasteiger partial charge in [-0.1, -0.05) is 40.2 Å². The Balaban J connectivity index is 2.41. The molecule has 0 bridgehead atoms. The zero-order chi connectivity index (χ0) is 13.8. The van der Waals surface area contributed by atoms with E-state index in [1.807, 2.05) is 24.3 Å². The number of para-hydroxylation sites is 1. The quantitative estimate of drug-likeness (QED) is 0.779. The highest BCUT2D eigenvalue weighted by atomic mass is 79.9. The van der Waals surface area contributed by atoms with E-state index >= 15 is 0 Å². The number of benzene rings is 2. The lowest BCUT2D eigenvalue weighted by Crippen LogP contribution is -2.00. The van der Waals surface area contributed by atoms with Crippen LogP contribution < -0.4 is 9.47 Å². The molecule has 0 N–H and O–H groups in total. The summed E-state index contributed by atoms with van der Waals surface area (Å²) >= 11 is 3.52. The van der Waals surface area contributed by atoms with Crippen molar-refractivity contribution < 1.29 is 13.9 Å². The molecule has 0 spiro atoms. The fourth-order valence-corrected chi connectivity index (χ4v) is 2.63. The smallest absolute Gasteiger partial charge is 0.131 e. The molecule has 100 valence electrons. The monoisotopic (exact) mass is 324 g/mol. The average molecular weight is 325 g/mol. The lowest BCUT2D eigenvalue weighted by Gasteiger charge is -2.15. The predicted molar refractivity (Wildman–Crippen MR) is 76.7 cm³/mol. The summed E-state index contributed by atoms with van der Waals surface area (Å²) in [5.41, 5.74) is 1.43. The highest BCUT2D eigenvalue weighted by Crippen LogP contribution is 2.38. The molecule has 2 aromatic rings. The van der Waals surface area contributed by atoms with Gasteiger partial charge in [-0.2, -0.15) is 0 Å². The van der Waals surface area contributed by atoms with Crippen molar-refractivity contribution in [2.75, 3.05) is 14.2 Å². The number of hydrogen-bond acceptors (Lipinski definition) is 2. The van der Waals surface area contributed by atoms with Crippen LogP contribution in [0.15, 0.2) is 42.5 Å². The van der Waals surface area contributed by atoms with Crippen molar-refractivity contribution in [2.24, 2.45) is 0 Å². The summed E-state index contributed by atoms with van der Waals surface area (Å²) in [5, 5.41) is 0. The number of alkyl halides is 1. The van der Waals surface area contributed by atoms with E-state index in [1.54, 1.807) is 19.2 Å². The normalized spacial score (nSPS) is 12.0. The van der Waals surface area contributed by atoms with Crippen LogP contribution in [0.25, 0.3) is 0 Å². The number of rotatable bonds is 4. The summed E-state index contributed by atoms with van der Waals surface area (Å²) in [6.07, 6.45) is 0. The Hall–Kier alpha value is -1.55. The molecular weight excluding hydrogens is 311 g/mol. The summed E-state index contributed by atoms with van der Waals surface area (Å²) in [6, 6.07) is 12.4. The average Bonchev–Trinajstić information content (AvgIpc) is 2.46. The third-order valence-electron chi connectivity index (χ3n) is 2.89. The first-order valence-corrected chi connectivity index (χ1v) is 6.69. The molecule has 0 aliphatic heterocycles. The molecule has 2 nitrogen and oxygen atoms in total. The van der Waals surface area contributed by atoms with Crippen LogP contribution in [0.4, 0.5) is 4.39 Å². The van der Waals surface area contributed by atoms with Crippen molar-refractivity contribution in [3.8, 4) is 11.5 Å². The van der Waals surface area contributed by atoms with E-state index in [1.165, 1.54) is 13.2 Å². The standard InChI is InChI=1S/C15H14BrFO2/c1-18-10-7-8-11(13(17)9-10)15(16)12-5-3-4-6-14(12)19-2/h3-9,15H,1-2H3. The van der Waals surface area contributed by atoms with Gasteiger partial charge >= 0.3 is 0 Å². The zero-order valence-corrected chi connectivity index (χ0v) is 12.3. The maximum absolute atomic E-state index is 14.1. The molecule has 4 heteroatoms. The predicted octanol–water partition coefficient (Wildman–Crippen LogP) is 4.33. The van der Waals surface area contributed by atoms with E-state index in [9.17, 15) is 4.39 Å². The van der Waals surface area contributed by atoms with Crippen LogP contribution in [0.2, 0.25) is 0 Å². The van der Waals surface area contributed by atoms with Crippen LogP contribution >= 0.6 is 15.9 Å².